The predicted molar refractivity (Wildman–Crippen MR) is 83.9 cm³/mol. The summed E-state index contributed by atoms with van der Waals surface area (Å²) in [5, 5.41) is 17.5. The van der Waals surface area contributed by atoms with Crippen molar-refractivity contribution in [2.75, 3.05) is 0 Å². The van der Waals surface area contributed by atoms with Gasteiger partial charge >= 0.3 is 0 Å². The second kappa shape index (κ2) is 6.70. The molecule has 0 saturated heterocycles. The third kappa shape index (κ3) is 3.22. The fourth-order valence-electron chi connectivity index (χ4n) is 2.11. The van der Waals surface area contributed by atoms with E-state index in [-0.39, 0.29) is 6.61 Å². The monoisotopic (exact) mass is 289 g/mol. The first-order valence-corrected chi connectivity index (χ1v) is 7.01. The second-order valence-corrected chi connectivity index (χ2v) is 4.80. The first-order chi connectivity index (χ1) is 10.9. The van der Waals surface area contributed by atoms with Crippen LogP contribution in [0.3, 0.4) is 0 Å². The first kappa shape index (κ1) is 14.1. The molecule has 3 aromatic rings. The number of aromatic nitrogens is 3. The number of nitrogens with zero attached hydrogens (tertiary/aromatic N) is 3. The quantitative estimate of drug-likeness (QED) is 0.752. The molecule has 1 N–H and O–H groups in total. The molecule has 0 fully saturated rings. The smallest absolute Gasteiger partial charge is 0.137 e. The number of rotatable bonds is 3. The third-order valence-corrected chi connectivity index (χ3v) is 3.23. The number of hydrogen-bond acceptors (Lipinski definition) is 3. The second-order valence-electron chi connectivity index (χ2n) is 4.80. The largest absolute Gasteiger partial charge is 0.390 e. The zero-order valence-corrected chi connectivity index (χ0v) is 12.0. The van der Waals surface area contributed by atoms with Crippen LogP contribution in [0.25, 0.3) is 0 Å². The lowest BCUT2D eigenvalue weighted by Gasteiger charge is -2.02. The highest BCUT2D eigenvalue weighted by Crippen LogP contribution is 2.08. The minimum atomic E-state index is -0.173. The third-order valence-electron chi connectivity index (χ3n) is 3.23. The number of aliphatic hydroxyl groups is 1. The van der Waals surface area contributed by atoms with Gasteiger partial charge in [0.15, 0.2) is 0 Å². The van der Waals surface area contributed by atoms with Gasteiger partial charge in [0, 0.05) is 5.56 Å². The number of hydrogen-bond donors (Lipinski definition) is 1. The molecule has 108 valence electrons. The summed E-state index contributed by atoms with van der Waals surface area (Å²) in [7, 11) is 0. The fraction of sp³-hybridized carbons (Fsp3) is 0.111. The van der Waals surface area contributed by atoms with Gasteiger partial charge in [0.05, 0.1) is 13.2 Å². The highest BCUT2D eigenvalue weighted by molar-refractivity contribution is 5.41. The van der Waals surface area contributed by atoms with Crippen LogP contribution >= 0.6 is 0 Å². The molecule has 0 amide bonds. The molecule has 0 saturated carbocycles. The topological polar surface area (TPSA) is 50.9 Å². The van der Waals surface area contributed by atoms with E-state index in [1.54, 1.807) is 4.68 Å². The maximum atomic E-state index is 9.41. The SMILES string of the molecule is OCc1nnn(Cc2ccccc2)c1C#Cc1ccccc1. The molecule has 0 aliphatic heterocycles. The maximum absolute atomic E-state index is 9.41. The van der Waals surface area contributed by atoms with Crippen LogP contribution in [-0.2, 0) is 13.2 Å². The molecule has 4 nitrogen and oxygen atoms in total. The standard InChI is InChI=1S/C18H15N3O/c22-14-17-18(12-11-15-7-3-1-4-8-15)21(20-19-17)13-16-9-5-2-6-10-16/h1-10,22H,13-14H2. The summed E-state index contributed by atoms with van der Waals surface area (Å²) in [5.41, 5.74) is 3.17. The van der Waals surface area contributed by atoms with Crippen LogP contribution in [0.2, 0.25) is 0 Å². The molecule has 1 heterocycles. The van der Waals surface area contributed by atoms with E-state index in [9.17, 15) is 5.11 Å². The Morgan fingerprint density at radius 1 is 0.909 bits per heavy atom. The van der Waals surface area contributed by atoms with E-state index in [2.05, 4.69) is 22.2 Å². The van der Waals surface area contributed by atoms with Crippen LogP contribution in [0.5, 0.6) is 0 Å². The van der Waals surface area contributed by atoms with E-state index in [4.69, 9.17) is 0 Å². The molecule has 0 atom stereocenters. The van der Waals surface area contributed by atoms with Crippen molar-refractivity contribution in [1.82, 2.24) is 15.0 Å². The number of aliphatic hydroxyl groups excluding tert-OH is 1. The Hall–Kier alpha value is -2.90. The first-order valence-electron chi connectivity index (χ1n) is 7.01. The van der Waals surface area contributed by atoms with Crippen molar-refractivity contribution in [3.63, 3.8) is 0 Å². The van der Waals surface area contributed by atoms with Crippen LogP contribution < -0.4 is 0 Å². The molecule has 22 heavy (non-hydrogen) atoms. The Morgan fingerprint density at radius 2 is 1.59 bits per heavy atom. The van der Waals surface area contributed by atoms with Crippen molar-refractivity contribution in [3.05, 3.63) is 83.2 Å². The van der Waals surface area contributed by atoms with Crippen molar-refractivity contribution in [2.45, 2.75) is 13.2 Å². The van der Waals surface area contributed by atoms with Gasteiger partial charge in [0.25, 0.3) is 0 Å². The van der Waals surface area contributed by atoms with Gasteiger partial charge in [-0.25, -0.2) is 4.68 Å². The summed E-state index contributed by atoms with van der Waals surface area (Å²) in [4.78, 5) is 0. The summed E-state index contributed by atoms with van der Waals surface area (Å²) in [6.07, 6.45) is 0. The lowest BCUT2D eigenvalue weighted by Crippen LogP contribution is -2.05. The molecule has 0 bridgehead atoms. The summed E-state index contributed by atoms with van der Waals surface area (Å²) >= 11 is 0. The Labute approximate surface area is 129 Å². The van der Waals surface area contributed by atoms with Crippen LogP contribution in [0.1, 0.15) is 22.5 Å². The van der Waals surface area contributed by atoms with Crippen molar-refractivity contribution >= 4 is 0 Å². The maximum Gasteiger partial charge on any atom is 0.137 e. The summed E-state index contributed by atoms with van der Waals surface area (Å²) in [5.74, 6) is 6.16. The van der Waals surface area contributed by atoms with Gasteiger partial charge in [0.2, 0.25) is 0 Å². The van der Waals surface area contributed by atoms with Crippen molar-refractivity contribution in [3.8, 4) is 11.8 Å². The van der Waals surface area contributed by atoms with Gasteiger partial charge in [0.1, 0.15) is 11.4 Å². The highest BCUT2D eigenvalue weighted by Gasteiger charge is 2.10. The lowest BCUT2D eigenvalue weighted by atomic mass is 10.2. The van der Waals surface area contributed by atoms with Crippen molar-refractivity contribution in [1.29, 1.82) is 0 Å². The van der Waals surface area contributed by atoms with Crippen LogP contribution in [0.15, 0.2) is 60.7 Å². The molecule has 0 aliphatic rings. The Morgan fingerprint density at radius 3 is 2.27 bits per heavy atom. The average molecular weight is 289 g/mol. The van der Waals surface area contributed by atoms with Gasteiger partial charge in [-0.2, -0.15) is 0 Å². The molecule has 0 spiro atoms. The predicted octanol–water partition coefficient (Wildman–Crippen LogP) is 2.22. The minimum Gasteiger partial charge on any atom is -0.390 e. The molecule has 0 aliphatic carbocycles. The van der Waals surface area contributed by atoms with Crippen molar-refractivity contribution < 1.29 is 5.11 Å². The normalized spacial score (nSPS) is 10.0. The molecule has 1 aromatic heterocycles. The van der Waals surface area contributed by atoms with Gasteiger partial charge < -0.3 is 5.11 Å². The van der Waals surface area contributed by atoms with Gasteiger partial charge in [-0.15, -0.1) is 5.10 Å². The van der Waals surface area contributed by atoms with E-state index >= 15 is 0 Å². The van der Waals surface area contributed by atoms with E-state index in [1.165, 1.54) is 0 Å². The summed E-state index contributed by atoms with van der Waals surface area (Å²) in [6.45, 7) is 0.403. The van der Waals surface area contributed by atoms with Crippen LogP contribution in [0.4, 0.5) is 0 Å². The Balaban J connectivity index is 1.93. The van der Waals surface area contributed by atoms with Crippen LogP contribution in [-0.4, -0.2) is 20.1 Å². The Bertz CT molecular complexity index is 799. The van der Waals surface area contributed by atoms with Crippen LogP contribution in [0, 0.1) is 11.8 Å². The van der Waals surface area contributed by atoms with E-state index in [0.717, 1.165) is 11.1 Å². The van der Waals surface area contributed by atoms with Crippen molar-refractivity contribution in [2.24, 2.45) is 0 Å². The molecule has 0 radical (unpaired) electrons. The minimum absolute atomic E-state index is 0.173. The molecule has 4 heteroatoms. The van der Waals surface area contributed by atoms with E-state index < -0.39 is 0 Å². The molecule has 3 rings (SSSR count). The number of benzene rings is 2. The van der Waals surface area contributed by atoms with Gasteiger partial charge in [-0.1, -0.05) is 59.7 Å². The molecule has 0 unspecified atom stereocenters. The van der Waals surface area contributed by atoms with E-state index in [1.807, 2.05) is 60.7 Å². The molecule has 2 aromatic carbocycles. The van der Waals surface area contributed by atoms with E-state index in [0.29, 0.717) is 17.9 Å². The zero-order chi connectivity index (χ0) is 15.2. The summed E-state index contributed by atoms with van der Waals surface area (Å²) < 4.78 is 1.72. The molecular formula is C18H15N3O. The zero-order valence-electron chi connectivity index (χ0n) is 12.0. The average Bonchev–Trinajstić information content (AvgIpc) is 2.96. The lowest BCUT2D eigenvalue weighted by molar-refractivity contribution is 0.276. The fourth-order valence-corrected chi connectivity index (χ4v) is 2.11. The summed E-state index contributed by atoms with van der Waals surface area (Å²) in [6, 6.07) is 19.7. The van der Waals surface area contributed by atoms with Gasteiger partial charge in [-0.3, -0.25) is 0 Å². The van der Waals surface area contributed by atoms with Gasteiger partial charge in [-0.05, 0) is 23.6 Å². The highest BCUT2D eigenvalue weighted by atomic mass is 16.3. The molecular weight excluding hydrogens is 274 g/mol. The Kier molecular flexibility index (Phi) is 4.28.